The van der Waals surface area contributed by atoms with Crippen molar-refractivity contribution < 1.29 is 49.3 Å². The van der Waals surface area contributed by atoms with E-state index in [0.717, 1.165) is 21.1 Å². The molecule has 8 heteroatoms. The van der Waals surface area contributed by atoms with Crippen LogP contribution in [0.15, 0.2) is 72.5 Å². The fraction of sp³-hybridized carbons (Fsp3) is 0.303. The van der Waals surface area contributed by atoms with Crippen molar-refractivity contribution in [1.29, 1.82) is 0 Å². The van der Waals surface area contributed by atoms with Crippen LogP contribution in [0.3, 0.4) is 0 Å². The zero-order valence-corrected chi connectivity index (χ0v) is 21.9. The number of hydrogen-bond donors (Lipinski definition) is 1. The molecular weight excluding hydrogens is 516 g/mol. The Labute approximate surface area is 272 Å². The normalized spacial score (nSPS) is 31.9. The van der Waals surface area contributed by atoms with Crippen LogP contribution >= 0.6 is 0 Å². The van der Waals surface area contributed by atoms with Crippen LogP contribution in [0.5, 0.6) is 0 Å². The molecule has 8 nitrogen and oxygen atoms in total. The second-order valence-electron chi connectivity index (χ2n) is 8.60. The van der Waals surface area contributed by atoms with Crippen molar-refractivity contribution in [3.63, 3.8) is 0 Å². The van der Waals surface area contributed by atoms with Gasteiger partial charge in [-0.15, -0.1) is 0 Å². The van der Waals surface area contributed by atoms with Crippen LogP contribution in [-0.4, -0.2) is 80.8 Å². The van der Waals surface area contributed by atoms with Crippen LogP contribution < -0.4 is 10.2 Å². The summed E-state index contributed by atoms with van der Waals surface area (Å²) in [7, 11) is 1.85. The van der Waals surface area contributed by atoms with Crippen molar-refractivity contribution in [2.45, 2.75) is 19.4 Å². The Kier molecular flexibility index (Phi) is 3.51. The molecule has 2 amide bonds. The molecular formula is C33H36N4O4. The first-order valence-electron chi connectivity index (χ1n) is 22.9. The van der Waals surface area contributed by atoms with Crippen molar-refractivity contribution in [1.82, 2.24) is 9.80 Å². The summed E-state index contributed by atoms with van der Waals surface area (Å²) < 4.78 is 193. The molecule has 0 radical (unpaired) electrons. The highest BCUT2D eigenvalue weighted by molar-refractivity contribution is 6.37. The van der Waals surface area contributed by atoms with Crippen LogP contribution in [0.25, 0.3) is 11.1 Å². The number of anilines is 2. The summed E-state index contributed by atoms with van der Waals surface area (Å²) in [4.78, 5) is 40.7. The minimum absolute atomic E-state index is 0.0266. The van der Waals surface area contributed by atoms with Crippen LogP contribution in [0, 0.1) is 0 Å². The van der Waals surface area contributed by atoms with E-state index in [1.165, 1.54) is 0 Å². The minimum Gasteiger partial charge on any atom is -0.465 e. The molecule has 5 rings (SSSR count). The molecule has 1 unspecified atom stereocenters. The highest BCUT2D eigenvalue weighted by Gasteiger charge is 2.29. The van der Waals surface area contributed by atoms with Crippen molar-refractivity contribution in [2.24, 2.45) is 0 Å². The van der Waals surface area contributed by atoms with Gasteiger partial charge in [-0.25, -0.2) is 4.79 Å². The van der Waals surface area contributed by atoms with E-state index in [4.69, 9.17) is 30.2 Å². The van der Waals surface area contributed by atoms with E-state index in [9.17, 15) is 14.4 Å². The van der Waals surface area contributed by atoms with Gasteiger partial charge in [0.05, 0.1) is 41.2 Å². The molecule has 3 aromatic carbocycles. The van der Waals surface area contributed by atoms with Gasteiger partial charge in [0.15, 0.2) is 0 Å². The number of carbonyl (C=O) groups excluding carboxylic acids is 3. The van der Waals surface area contributed by atoms with E-state index in [2.05, 4.69) is 10.1 Å². The number of nitrogens with zero attached hydrogens (tertiary/aromatic N) is 3. The van der Waals surface area contributed by atoms with Crippen molar-refractivity contribution in [2.75, 3.05) is 57.4 Å². The second kappa shape index (κ2) is 12.1. The summed E-state index contributed by atoms with van der Waals surface area (Å²) in [5.41, 5.74) is -6.11. The lowest BCUT2D eigenvalue weighted by Gasteiger charge is -2.37. The number of esters is 1. The van der Waals surface area contributed by atoms with E-state index >= 15 is 0 Å². The van der Waals surface area contributed by atoms with E-state index in [-0.39, 0.29) is 9.80 Å². The van der Waals surface area contributed by atoms with Gasteiger partial charge in [0.25, 0.3) is 5.91 Å². The molecule has 212 valence electrons. The average molecular weight is 575 g/mol. The number of carbonyl (C=O) groups is 3. The molecule has 0 aromatic heterocycles. The number of nitrogens with one attached hydrogen (secondary N) is 1. The van der Waals surface area contributed by atoms with E-state index in [1.807, 2.05) is 0 Å². The number of methoxy groups -OCH3 is 1. The smallest absolute Gasteiger partial charge is 0.337 e. The van der Waals surface area contributed by atoms with Crippen LogP contribution in [0.2, 0.25) is 0 Å². The lowest BCUT2D eigenvalue weighted by molar-refractivity contribution is -0.120. The molecule has 1 fully saturated rings. The van der Waals surface area contributed by atoms with Crippen LogP contribution in [0.1, 0.15) is 64.1 Å². The van der Waals surface area contributed by atoms with Gasteiger partial charge in [-0.05, 0) is 61.3 Å². The molecule has 2 aliphatic heterocycles. The average Bonchev–Trinajstić information content (AvgIpc) is 3.54. The van der Waals surface area contributed by atoms with Gasteiger partial charge >= 0.3 is 5.97 Å². The maximum absolute atomic E-state index is 14.1. The maximum Gasteiger partial charge on any atom is 0.337 e. The van der Waals surface area contributed by atoms with E-state index in [1.54, 1.807) is 0 Å². The Bertz CT molecular complexity index is 2470. The number of fused-ring (bicyclic) bond motifs is 1. The molecule has 0 spiro atoms. The van der Waals surface area contributed by atoms with Gasteiger partial charge in [0.1, 0.15) is 0 Å². The van der Waals surface area contributed by atoms with Crippen LogP contribution in [-0.2, 0) is 20.7 Å². The fourth-order valence-electron chi connectivity index (χ4n) is 3.81. The largest absolute Gasteiger partial charge is 0.465 e. The number of benzene rings is 3. The topological polar surface area (TPSA) is 82.2 Å². The molecule has 1 N–H and O–H groups in total. The Morgan fingerprint density at radius 1 is 1.12 bits per heavy atom. The van der Waals surface area contributed by atoms with Gasteiger partial charge < -0.3 is 19.9 Å². The number of amides is 2. The fourth-order valence-corrected chi connectivity index (χ4v) is 3.81. The van der Waals surface area contributed by atoms with Crippen LogP contribution in [0.4, 0.5) is 11.4 Å². The predicted octanol–water partition coefficient (Wildman–Crippen LogP) is 4.18. The first-order chi connectivity index (χ1) is 28.6. The SMILES string of the molecule is [2H]c1c([2H])c([2H])c(/C(Cc2c([2H])c([2H])c(N(C(=O)CN3C([2H])([2H])C([2H])([2H])N(C)C([2H])(C)C3([2H])[2H])C([2H])([2H])[2H])c([2H])c2[2H])=C2/C(=O)Nc3c([2H])c(C(=O)OC)c([2H])c([2H])c32)c([2H])c1[2H]. The number of hydrogen-bond acceptors (Lipinski definition) is 6. The third-order valence-electron chi connectivity index (χ3n) is 5.96. The Balaban J connectivity index is 1.80. The quantitative estimate of drug-likeness (QED) is 0.337. The third kappa shape index (κ3) is 6.09. The third-order valence-corrected chi connectivity index (χ3v) is 5.96. The number of allylic oxidation sites excluding steroid dienone is 1. The first kappa shape index (κ1) is 11.9. The van der Waals surface area contributed by atoms with E-state index < -0.39 is 181 Å². The molecule has 1 atom stereocenters. The molecule has 0 bridgehead atoms. The number of rotatable bonds is 7. The summed E-state index contributed by atoms with van der Waals surface area (Å²) in [5, 5.41) is 2.26. The zero-order chi connectivity index (χ0) is 48.3. The second-order valence-corrected chi connectivity index (χ2v) is 8.60. The summed E-state index contributed by atoms with van der Waals surface area (Å²) in [5.74, 6) is -4.25. The standard InChI is InChI=1S/C33H36N4O4/c1-22-20-37(17-16-35(22)2)21-30(38)36(3)26-13-10-23(11-14-26)18-28(24-8-6-5-7-9-24)31-27-15-12-25(33(40)41-4)19-29(27)34-32(31)39/h5-15,19,22H,16-18,20-21H2,1-4H3,(H,34,39)/b31-28+/i3D3,5D,6D,7D,8D,9D,10D,11D,12D,13D,14D,15D,16D2,17D2,19D,20D2,22D. The minimum atomic E-state index is -3.74. The maximum atomic E-state index is 14.1. The Morgan fingerprint density at radius 2 is 1.88 bits per heavy atom. The number of piperazine rings is 1. The summed E-state index contributed by atoms with van der Waals surface area (Å²) in [6.07, 6.45) is -1.09. The van der Waals surface area contributed by atoms with Crippen molar-refractivity contribution in [3.8, 4) is 0 Å². The van der Waals surface area contributed by atoms with Gasteiger partial charge in [0, 0.05) is 63.1 Å². The van der Waals surface area contributed by atoms with Gasteiger partial charge in [-0.2, -0.15) is 0 Å². The molecule has 0 saturated carbocycles. The molecule has 1 saturated heterocycles. The molecule has 2 aliphatic rings. The monoisotopic (exact) mass is 574 g/mol. The molecule has 3 aromatic rings. The highest BCUT2D eigenvalue weighted by Crippen LogP contribution is 2.39. The van der Waals surface area contributed by atoms with Gasteiger partial charge in [-0.1, -0.05) is 48.3 Å². The lowest BCUT2D eigenvalue weighted by atomic mass is 9.90. The Hall–Kier alpha value is -4.27. The van der Waals surface area contributed by atoms with Crippen molar-refractivity contribution in [3.05, 3.63) is 94.8 Å². The lowest BCUT2D eigenvalue weighted by Crippen LogP contribution is -2.52. The highest BCUT2D eigenvalue weighted by atomic mass is 16.5. The first-order valence-corrected chi connectivity index (χ1v) is 11.9. The molecule has 2 heterocycles. The number of likely N-dealkylation sites (N-methyl/N-ethyl adjacent to an activating group) is 2. The Morgan fingerprint density at radius 3 is 2.59 bits per heavy atom. The molecule has 0 aliphatic carbocycles. The van der Waals surface area contributed by atoms with E-state index in [0.29, 0.717) is 4.90 Å². The number of ether oxygens (including phenoxy) is 1. The van der Waals surface area contributed by atoms with Gasteiger partial charge in [-0.3, -0.25) is 14.5 Å². The summed E-state index contributed by atoms with van der Waals surface area (Å²) in [6.45, 7) is -14.4. The van der Waals surface area contributed by atoms with Gasteiger partial charge in [0.2, 0.25) is 5.91 Å². The predicted molar refractivity (Wildman–Crippen MR) is 162 cm³/mol. The summed E-state index contributed by atoms with van der Waals surface area (Å²) >= 11 is 0. The summed E-state index contributed by atoms with van der Waals surface area (Å²) in [6, 6.07) is -14.9. The molecule has 41 heavy (non-hydrogen) atoms. The zero-order valence-electron chi connectivity index (χ0n) is 43.9. The van der Waals surface area contributed by atoms with Crippen molar-refractivity contribution >= 4 is 40.3 Å².